The molecule has 4 N–H and O–H groups in total. The Kier molecular flexibility index (Phi) is 19.9. The van der Waals surface area contributed by atoms with Crippen LogP contribution in [0.4, 0.5) is 17.8 Å². The fraction of sp³-hybridized carbons (Fsp3) is 0.449. The maximum atomic E-state index is 12.4. The Morgan fingerprint density at radius 1 is 0.474 bits per heavy atom. The Labute approximate surface area is 566 Å². The molecule has 0 saturated heterocycles. The third-order valence-electron chi connectivity index (χ3n) is 18.6. The van der Waals surface area contributed by atoms with Crippen LogP contribution >= 0.6 is 0 Å². The lowest BCUT2D eigenvalue weighted by atomic mass is 9.97. The summed E-state index contributed by atoms with van der Waals surface area (Å²) >= 11 is 0. The molecule has 3 aromatic carbocycles. The number of esters is 1. The van der Waals surface area contributed by atoms with Gasteiger partial charge < -0.3 is 44.6 Å². The molecule has 516 valence electrons. The minimum Gasteiger partial charge on any atom is -0.465 e. The molecule has 0 saturated carbocycles. The Hall–Kier alpha value is -8.89. The first kappa shape index (κ1) is 70.9. The predicted molar refractivity (Wildman–Crippen MR) is 375 cm³/mol. The van der Waals surface area contributed by atoms with E-state index in [1.165, 1.54) is 44.5 Å². The second-order valence-electron chi connectivity index (χ2n) is 26.3. The molecule has 3 atom stereocenters. The Morgan fingerprint density at radius 2 is 0.814 bits per heavy atom. The molecule has 6 aromatic heterocycles. The minimum absolute atomic E-state index is 0.00161. The Bertz CT molecular complexity index is 4780. The second-order valence-corrected chi connectivity index (χ2v) is 32.3. The number of carbonyl (C=O) groups excluding carboxylic acids is 3. The van der Waals surface area contributed by atoms with Gasteiger partial charge in [0.25, 0.3) is 11.8 Å². The van der Waals surface area contributed by atoms with E-state index in [0.717, 1.165) is 66.7 Å². The number of nitrogens with zero attached hydrogens (tertiary/aromatic N) is 13. The number of aryl methyl sites for hydroxylation is 6. The molecular weight excluding hydrogens is 1300 g/mol. The number of amides is 2. The second kappa shape index (κ2) is 27.2. The van der Waals surface area contributed by atoms with Crippen molar-refractivity contribution in [1.29, 1.82) is 0 Å². The number of sulfone groups is 3. The maximum absolute atomic E-state index is 12.4. The summed E-state index contributed by atoms with van der Waals surface area (Å²) in [6.45, 7) is 27.9. The molecule has 2 amide bonds. The number of carbonyl (C=O) groups is 3. The smallest absolute Gasteiger partial charge is 0.341 e. The third kappa shape index (κ3) is 13.6. The highest BCUT2D eigenvalue weighted by Crippen LogP contribution is 2.43. The molecule has 25 nitrogen and oxygen atoms in total. The van der Waals surface area contributed by atoms with Crippen LogP contribution in [-0.4, -0.2) is 137 Å². The molecule has 28 heteroatoms. The van der Waals surface area contributed by atoms with E-state index in [0.29, 0.717) is 125 Å². The Balaban J connectivity index is 0.000000158. The van der Waals surface area contributed by atoms with Gasteiger partial charge in [0.05, 0.1) is 84.7 Å². The van der Waals surface area contributed by atoms with Crippen molar-refractivity contribution in [2.45, 2.75) is 155 Å². The summed E-state index contributed by atoms with van der Waals surface area (Å²) in [4.78, 5) is 74.7. The molecule has 3 aliphatic heterocycles. The number of aromatic nitrogens is 10. The molecule has 97 heavy (non-hydrogen) atoms. The van der Waals surface area contributed by atoms with Crippen molar-refractivity contribution < 1.29 is 44.4 Å². The van der Waals surface area contributed by atoms with Crippen LogP contribution < -0.4 is 26.2 Å². The quantitative estimate of drug-likeness (QED) is 0.0903. The summed E-state index contributed by atoms with van der Waals surface area (Å²) in [6.07, 6.45) is 10.2. The zero-order valence-corrected chi connectivity index (χ0v) is 60.4. The van der Waals surface area contributed by atoms with Gasteiger partial charge in [-0.05, 0) is 123 Å². The maximum Gasteiger partial charge on any atom is 0.341 e. The largest absolute Gasteiger partial charge is 0.465 e. The van der Waals surface area contributed by atoms with Gasteiger partial charge >= 0.3 is 5.97 Å². The standard InChI is InChI=1S/C23H29N5O4S.2C23H29N5O3S/c1-7-15-10-17-18(11-19(15)33(6,30)31)27-8-9-28(20(13(2)3)21(27)26-17)23-24-12-16(14(4)25-23)22(29)32-5;2*1-6-15-9-16-10-19-21(13(2)3)28(23-25-12-17(22(24)29)14(4)26-23)8-7-27(19)18(16)11-20(15)32(5,30)31/h10-13,20H,7-9H2,1-6H3;2*9-13,21H,6-8H2,1-5H3,(H2,24,29)/t20-;2*21-/m110/s1. The van der Waals surface area contributed by atoms with Crippen molar-refractivity contribution in [2.24, 2.45) is 29.2 Å². The van der Waals surface area contributed by atoms with Gasteiger partial charge in [0, 0.05) is 110 Å². The number of methoxy groups -OCH3 is 1. The van der Waals surface area contributed by atoms with E-state index in [9.17, 15) is 39.6 Å². The lowest BCUT2D eigenvalue weighted by molar-refractivity contribution is 0.0598. The highest BCUT2D eigenvalue weighted by Gasteiger charge is 2.38. The summed E-state index contributed by atoms with van der Waals surface area (Å²) < 4.78 is 85.7. The molecule has 0 aliphatic carbocycles. The summed E-state index contributed by atoms with van der Waals surface area (Å²) in [5.41, 5.74) is 21.6. The first-order valence-corrected chi connectivity index (χ1v) is 38.2. The van der Waals surface area contributed by atoms with Crippen LogP contribution in [0.3, 0.4) is 0 Å². The zero-order valence-electron chi connectivity index (χ0n) is 58.0. The van der Waals surface area contributed by atoms with Crippen molar-refractivity contribution in [2.75, 3.05) is 60.2 Å². The fourth-order valence-electron chi connectivity index (χ4n) is 14.1. The van der Waals surface area contributed by atoms with E-state index in [-0.39, 0.29) is 35.9 Å². The van der Waals surface area contributed by atoms with Gasteiger partial charge in [0.1, 0.15) is 5.82 Å². The lowest BCUT2D eigenvalue weighted by Crippen LogP contribution is -2.42. The number of rotatable bonds is 15. The van der Waals surface area contributed by atoms with E-state index in [2.05, 4.69) is 112 Å². The highest BCUT2D eigenvalue weighted by molar-refractivity contribution is 7.91. The van der Waals surface area contributed by atoms with Crippen molar-refractivity contribution in [3.05, 3.63) is 135 Å². The molecule has 0 unspecified atom stereocenters. The minimum atomic E-state index is -3.35. The van der Waals surface area contributed by atoms with E-state index < -0.39 is 47.3 Å². The normalized spacial score (nSPS) is 16.5. The van der Waals surface area contributed by atoms with Gasteiger partial charge in [-0.1, -0.05) is 62.3 Å². The summed E-state index contributed by atoms with van der Waals surface area (Å²) in [6, 6.07) is 15.5. The van der Waals surface area contributed by atoms with Gasteiger partial charge in [0.15, 0.2) is 29.5 Å². The predicted octanol–water partition coefficient (Wildman–Crippen LogP) is 9.15. The number of anilines is 3. The average molecular weight is 1380 g/mol. The van der Waals surface area contributed by atoms with Gasteiger partial charge in [0.2, 0.25) is 17.8 Å². The lowest BCUT2D eigenvalue weighted by Gasteiger charge is -2.39. The van der Waals surface area contributed by atoms with Crippen LogP contribution in [0.1, 0.15) is 162 Å². The molecule has 0 spiro atoms. The molecule has 0 fully saturated rings. The van der Waals surface area contributed by atoms with Crippen molar-refractivity contribution >= 4 is 98.0 Å². The van der Waals surface area contributed by atoms with Crippen LogP contribution in [-0.2, 0) is 73.1 Å². The monoisotopic (exact) mass is 1380 g/mol. The number of fused-ring (bicyclic) bond motifs is 9. The van der Waals surface area contributed by atoms with E-state index in [1.54, 1.807) is 26.8 Å². The number of hydrogen-bond donors (Lipinski definition) is 2. The number of ether oxygens (including phenoxy) is 1. The highest BCUT2D eigenvalue weighted by atomic mass is 32.2. The Morgan fingerprint density at radius 3 is 1.14 bits per heavy atom. The number of primary amides is 2. The molecule has 9 heterocycles. The van der Waals surface area contributed by atoms with Gasteiger partial charge in [-0.3, -0.25) is 9.59 Å². The van der Waals surface area contributed by atoms with Gasteiger partial charge in [-0.15, -0.1) is 0 Å². The van der Waals surface area contributed by atoms with Crippen LogP contribution in [0.15, 0.2) is 81.8 Å². The molecule has 12 rings (SSSR count). The number of benzene rings is 3. The molecule has 3 aliphatic rings. The van der Waals surface area contributed by atoms with E-state index in [1.807, 2.05) is 51.1 Å². The van der Waals surface area contributed by atoms with E-state index >= 15 is 0 Å². The van der Waals surface area contributed by atoms with Crippen molar-refractivity contribution in [1.82, 2.24) is 48.6 Å². The molecule has 0 radical (unpaired) electrons. The number of nitrogens with two attached hydrogens (primary N) is 2. The van der Waals surface area contributed by atoms with Crippen molar-refractivity contribution in [3.63, 3.8) is 0 Å². The number of hydrogen-bond acceptors (Lipinski definition) is 20. The first-order valence-electron chi connectivity index (χ1n) is 32.6. The average Bonchev–Trinajstić information content (AvgIpc) is 1.63. The van der Waals surface area contributed by atoms with E-state index in [4.69, 9.17) is 21.2 Å². The number of imidazole rings is 1. The summed E-state index contributed by atoms with van der Waals surface area (Å²) in [5.74, 6) is 1.65. The van der Waals surface area contributed by atoms with Crippen LogP contribution in [0.2, 0.25) is 0 Å². The van der Waals surface area contributed by atoms with Crippen molar-refractivity contribution in [3.8, 4) is 0 Å². The van der Waals surface area contributed by atoms with Crippen LogP contribution in [0.25, 0.3) is 32.8 Å². The topological polar surface area (TPSA) is 330 Å². The molecular formula is C69H87N15O10S3. The van der Waals surface area contributed by atoms with Gasteiger partial charge in [-0.2, -0.15) is 0 Å². The van der Waals surface area contributed by atoms with Gasteiger partial charge in [-0.25, -0.2) is 64.9 Å². The molecule has 9 aromatic rings. The first-order chi connectivity index (χ1) is 45.6. The summed E-state index contributed by atoms with van der Waals surface area (Å²) in [7, 11) is -8.67. The fourth-order valence-corrected chi connectivity index (χ4v) is 17.1. The van der Waals surface area contributed by atoms with Crippen LogP contribution in [0, 0.1) is 38.5 Å². The zero-order chi connectivity index (χ0) is 70.8. The molecule has 0 bridgehead atoms. The van der Waals surface area contributed by atoms with Crippen LogP contribution in [0.5, 0.6) is 0 Å². The summed E-state index contributed by atoms with van der Waals surface area (Å²) in [5, 5.41) is 2.08. The third-order valence-corrected chi connectivity index (χ3v) is 22.1. The SMILES string of the molecule is CCc1cc2cc3n(c2cc1S(C)(=O)=O)CCN(c1ncc(C(N)=O)c(C)n1)[C@@H]3C(C)C.CCc1cc2cc3n(c2cc1S(C)(=O)=O)CCN(c1ncc(C(N)=O)c(C)n1)[C@H]3C(C)C.CCc1cc2nc3n(c2cc1S(C)(=O)=O)CCN(c1ncc(C(=O)OC)c(C)n1)[C@@H]3C(C)C.